The van der Waals surface area contributed by atoms with E-state index in [0.717, 1.165) is 12.8 Å². The molecule has 1 aliphatic heterocycles. The van der Waals surface area contributed by atoms with Gasteiger partial charge < -0.3 is 9.16 Å². The van der Waals surface area contributed by atoms with E-state index in [2.05, 4.69) is 86.5 Å². The Kier molecular flexibility index (Phi) is 7.72. The van der Waals surface area contributed by atoms with Gasteiger partial charge in [-0.15, -0.1) is 0 Å². The van der Waals surface area contributed by atoms with Gasteiger partial charge in [-0.1, -0.05) is 93.3 Å². The molecule has 0 aliphatic carbocycles. The molecule has 0 saturated carbocycles. The van der Waals surface area contributed by atoms with Gasteiger partial charge in [0.05, 0.1) is 19.3 Å². The SMILES string of the molecule is CCOC(=O)[C@@H]1CC[C@@H](C#CCO[Si](c2ccccc2)(c2ccccc2)C(C)(C)C)N1. The molecule has 4 nitrogen and oxygen atoms in total. The molecular weight excluding hydrogens is 402 g/mol. The second-order valence-corrected chi connectivity index (χ2v) is 13.2. The highest BCUT2D eigenvalue weighted by Gasteiger charge is 2.50. The van der Waals surface area contributed by atoms with Crippen LogP contribution in [0.1, 0.15) is 40.5 Å². The highest BCUT2D eigenvalue weighted by molar-refractivity contribution is 6.99. The van der Waals surface area contributed by atoms with E-state index in [9.17, 15) is 4.79 Å². The molecule has 1 N–H and O–H groups in total. The van der Waals surface area contributed by atoms with Crippen molar-refractivity contribution in [1.29, 1.82) is 0 Å². The van der Waals surface area contributed by atoms with E-state index >= 15 is 0 Å². The minimum absolute atomic E-state index is 0.00263. The Balaban J connectivity index is 1.80. The Morgan fingerprint density at radius 3 is 2.13 bits per heavy atom. The van der Waals surface area contributed by atoms with Gasteiger partial charge in [-0.25, -0.2) is 0 Å². The monoisotopic (exact) mass is 435 g/mol. The molecule has 0 spiro atoms. The van der Waals surface area contributed by atoms with E-state index in [0.29, 0.717) is 13.2 Å². The maximum atomic E-state index is 11.9. The Morgan fingerprint density at radius 2 is 1.61 bits per heavy atom. The molecule has 0 radical (unpaired) electrons. The fourth-order valence-corrected chi connectivity index (χ4v) is 8.80. The van der Waals surface area contributed by atoms with Crippen LogP contribution in [-0.2, 0) is 14.0 Å². The first kappa shape index (κ1) is 23.3. The maximum Gasteiger partial charge on any atom is 0.323 e. The molecule has 2 aromatic carbocycles. The van der Waals surface area contributed by atoms with E-state index in [1.54, 1.807) is 0 Å². The zero-order valence-corrected chi connectivity index (χ0v) is 20.0. The molecule has 5 heteroatoms. The van der Waals surface area contributed by atoms with Crippen molar-refractivity contribution in [2.75, 3.05) is 13.2 Å². The smallest absolute Gasteiger partial charge is 0.323 e. The van der Waals surface area contributed by atoms with Gasteiger partial charge in [-0.2, -0.15) is 0 Å². The number of carbonyl (C=O) groups is 1. The number of rotatable bonds is 6. The first-order valence-electron chi connectivity index (χ1n) is 11.0. The van der Waals surface area contributed by atoms with Crippen molar-refractivity contribution in [2.45, 2.75) is 57.7 Å². The molecule has 31 heavy (non-hydrogen) atoms. The van der Waals surface area contributed by atoms with E-state index in [1.807, 2.05) is 19.1 Å². The van der Waals surface area contributed by atoms with Crippen LogP contribution in [-0.4, -0.2) is 39.6 Å². The van der Waals surface area contributed by atoms with Gasteiger partial charge in [-0.3, -0.25) is 10.1 Å². The van der Waals surface area contributed by atoms with Gasteiger partial charge in [0.2, 0.25) is 0 Å². The van der Waals surface area contributed by atoms with Crippen molar-refractivity contribution >= 4 is 24.7 Å². The molecule has 164 valence electrons. The first-order valence-corrected chi connectivity index (χ1v) is 13.0. The van der Waals surface area contributed by atoms with E-state index in [-0.39, 0.29) is 23.1 Å². The summed E-state index contributed by atoms with van der Waals surface area (Å²) in [5.41, 5.74) is 0. The zero-order chi connectivity index (χ0) is 22.3. The van der Waals surface area contributed by atoms with Crippen LogP contribution < -0.4 is 15.7 Å². The summed E-state index contributed by atoms with van der Waals surface area (Å²) in [5.74, 6) is 6.31. The van der Waals surface area contributed by atoms with Crippen molar-refractivity contribution in [3.8, 4) is 11.8 Å². The lowest BCUT2D eigenvalue weighted by atomic mass is 10.2. The van der Waals surface area contributed by atoms with E-state index in [1.165, 1.54) is 10.4 Å². The number of benzene rings is 2. The van der Waals surface area contributed by atoms with Gasteiger partial charge in [-0.05, 0) is 35.2 Å². The van der Waals surface area contributed by atoms with Crippen molar-refractivity contribution in [3.05, 3.63) is 60.7 Å². The predicted octanol–water partition coefficient (Wildman–Crippen LogP) is 3.25. The molecular formula is C26H33NO3Si. The number of hydrogen-bond acceptors (Lipinski definition) is 4. The van der Waals surface area contributed by atoms with Crippen LogP contribution in [0.4, 0.5) is 0 Å². The third-order valence-electron chi connectivity index (χ3n) is 5.77. The van der Waals surface area contributed by atoms with Crippen LogP contribution in [0.5, 0.6) is 0 Å². The van der Waals surface area contributed by atoms with Crippen molar-refractivity contribution < 1.29 is 14.0 Å². The number of nitrogens with one attached hydrogen (secondary N) is 1. The van der Waals surface area contributed by atoms with Crippen LogP contribution in [0.25, 0.3) is 0 Å². The minimum atomic E-state index is -2.57. The number of ether oxygens (including phenoxy) is 1. The molecule has 1 saturated heterocycles. The van der Waals surface area contributed by atoms with Gasteiger partial charge in [0.25, 0.3) is 8.32 Å². The summed E-state index contributed by atoms with van der Waals surface area (Å²) in [4.78, 5) is 11.9. The van der Waals surface area contributed by atoms with Gasteiger partial charge in [0, 0.05) is 0 Å². The third kappa shape index (κ3) is 5.27. The van der Waals surface area contributed by atoms with Crippen LogP contribution in [0.3, 0.4) is 0 Å². The number of carbonyl (C=O) groups excluding carboxylic acids is 1. The lowest BCUT2D eigenvalue weighted by Crippen LogP contribution is -2.66. The van der Waals surface area contributed by atoms with E-state index in [4.69, 9.17) is 9.16 Å². The van der Waals surface area contributed by atoms with Crippen molar-refractivity contribution in [2.24, 2.45) is 0 Å². The predicted molar refractivity (Wildman–Crippen MR) is 128 cm³/mol. The van der Waals surface area contributed by atoms with Gasteiger partial charge in [0.1, 0.15) is 6.04 Å². The highest BCUT2D eigenvalue weighted by atomic mass is 28.4. The molecule has 2 atom stereocenters. The molecule has 3 rings (SSSR count). The van der Waals surface area contributed by atoms with Crippen LogP contribution in [0.2, 0.25) is 5.04 Å². The van der Waals surface area contributed by atoms with Crippen LogP contribution in [0, 0.1) is 11.8 Å². The second-order valence-electron chi connectivity index (χ2n) is 8.87. The topological polar surface area (TPSA) is 47.6 Å². The van der Waals surface area contributed by atoms with Gasteiger partial charge >= 0.3 is 5.97 Å². The third-order valence-corrected chi connectivity index (χ3v) is 10.8. The molecule has 1 fully saturated rings. The average Bonchev–Trinajstić information content (AvgIpc) is 3.24. The standard InChI is InChI=1S/C26H33NO3Si/c1-5-29-25(28)24-19-18-21(27-24)13-12-20-30-31(26(2,3)4,22-14-8-6-9-15-22)23-16-10-7-11-17-23/h6-11,14-17,21,24,27H,5,18-20H2,1-4H3/t21-,24+/m1/s1. The molecule has 0 unspecified atom stereocenters. The first-order chi connectivity index (χ1) is 14.9. The average molecular weight is 436 g/mol. The lowest BCUT2D eigenvalue weighted by molar-refractivity contribution is -0.145. The number of esters is 1. The molecule has 1 aliphatic rings. The summed E-state index contributed by atoms with van der Waals surface area (Å²) in [6, 6.07) is 20.9. The lowest BCUT2D eigenvalue weighted by Gasteiger charge is -2.42. The highest BCUT2D eigenvalue weighted by Crippen LogP contribution is 2.36. The Labute approximate surface area is 187 Å². The van der Waals surface area contributed by atoms with Crippen LogP contribution >= 0.6 is 0 Å². The Bertz CT molecular complexity index is 873. The Hall–Kier alpha value is -2.39. The minimum Gasteiger partial charge on any atom is -0.465 e. The molecule has 2 aromatic rings. The fraction of sp³-hybridized carbons (Fsp3) is 0.423. The summed E-state index contributed by atoms with van der Waals surface area (Å²) in [5, 5.41) is 5.70. The maximum absolute atomic E-state index is 11.9. The molecule has 0 aromatic heterocycles. The summed E-state index contributed by atoms with van der Waals surface area (Å²) < 4.78 is 11.9. The zero-order valence-electron chi connectivity index (χ0n) is 19.0. The quantitative estimate of drug-likeness (QED) is 0.430. The summed E-state index contributed by atoms with van der Waals surface area (Å²) in [6.45, 7) is 9.36. The largest absolute Gasteiger partial charge is 0.465 e. The molecule has 0 bridgehead atoms. The van der Waals surface area contributed by atoms with Gasteiger partial charge in [0.15, 0.2) is 0 Å². The van der Waals surface area contributed by atoms with E-state index < -0.39 is 8.32 Å². The summed E-state index contributed by atoms with van der Waals surface area (Å²) in [6.07, 6.45) is 1.60. The summed E-state index contributed by atoms with van der Waals surface area (Å²) in [7, 11) is -2.57. The fourth-order valence-electron chi connectivity index (χ4n) is 4.36. The normalized spacial score (nSPS) is 18.8. The van der Waals surface area contributed by atoms with Crippen molar-refractivity contribution in [3.63, 3.8) is 0 Å². The van der Waals surface area contributed by atoms with Crippen LogP contribution in [0.15, 0.2) is 60.7 Å². The van der Waals surface area contributed by atoms with Crippen molar-refractivity contribution in [1.82, 2.24) is 5.32 Å². The molecule has 0 amide bonds. The summed E-state index contributed by atoms with van der Waals surface area (Å²) >= 11 is 0. The Morgan fingerprint density at radius 1 is 1.03 bits per heavy atom. The molecule has 1 heterocycles. The second kappa shape index (κ2) is 10.3. The number of hydrogen-bond donors (Lipinski definition) is 1.